The smallest absolute Gasteiger partial charge is 0.255 e. The van der Waals surface area contributed by atoms with E-state index in [1.807, 2.05) is 18.2 Å². The zero-order valence-electron chi connectivity index (χ0n) is 14.6. The number of ether oxygens (including phenoxy) is 1. The predicted molar refractivity (Wildman–Crippen MR) is 104 cm³/mol. The highest BCUT2D eigenvalue weighted by atomic mass is 35.5. The van der Waals surface area contributed by atoms with Crippen LogP contribution in [0.25, 0.3) is 0 Å². The van der Waals surface area contributed by atoms with E-state index in [-0.39, 0.29) is 12.6 Å². The highest BCUT2D eigenvalue weighted by molar-refractivity contribution is 6.30. The van der Waals surface area contributed by atoms with Gasteiger partial charge >= 0.3 is 0 Å². The molecule has 2 N–H and O–H groups in total. The number of rotatable bonds is 5. The van der Waals surface area contributed by atoms with Crippen molar-refractivity contribution >= 4 is 23.2 Å². The fraction of sp³-hybridized carbons (Fsp3) is 0.200. The molecule has 6 nitrogen and oxygen atoms in total. The van der Waals surface area contributed by atoms with Crippen molar-refractivity contribution in [2.45, 2.75) is 19.7 Å². The van der Waals surface area contributed by atoms with Gasteiger partial charge in [0, 0.05) is 17.1 Å². The van der Waals surface area contributed by atoms with Gasteiger partial charge in [-0.1, -0.05) is 17.7 Å². The van der Waals surface area contributed by atoms with Gasteiger partial charge < -0.3 is 15.4 Å². The third kappa shape index (κ3) is 4.30. The summed E-state index contributed by atoms with van der Waals surface area (Å²) in [6, 6.07) is 13.0. The maximum atomic E-state index is 12.5. The largest absolute Gasteiger partial charge is 0.471 e. The van der Waals surface area contributed by atoms with E-state index >= 15 is 0 Å². The third-order valence-electron chi connectivity index (χ3n) is 4.42. The van der Waals surface area contributed by atoms with Gasteiger partial charge in [0.25, 0.3) is 5.91 Å². The topological polar surface area (TPSA) is 68.2 Å². The van der Waals surface area contributed by atoms with Crippen molar-refractivity contribution in [3.63, 3.8) is 0 Å². The Kier molecular flexibility index (Phi) is 5.09. The average molecular weight is 383 g/mol. The number of benzene rings is 2. The number of nitrogens with zero attached hydrogens (tertiary/aromatic N) is 2. The van der Waals surface area contributed by atoms with Crippen LogP contribution < -0.4 is 15.4 Å². The summed E-state index contributed by atoms with van der Waals surface area (Å²) in [5.41, 5.74) is 3.76. The first kappa shape index (κ1) is 17.6. The van der Waals surface area contributed by atoms with E-state index < -0.39 is 0 Å². The monoisotopic (exact) mass is 382 g/mol. The van der Waals surface area contributed by atoms with E-state index in [9.17, 15) is 4.79 Å². The molecule has 0 bridgehead atoms. The molecule has 2 heterocycles. The van der Waals surface area contributed by atoms with Crippen molar-refractivity contribution in [2.24, 2.45) is 0 Å². The van der Waals surface area contributed by atoms with Gasteiger partial charge in [0.15, 0.2) is 6.73 Å². The zero-order chi connectivity index (χ0) is 18.6. The Balaban J connectivity index is 1.37. The minimum Gasteiger partial charge on any atom is -0.471 e. The summed E-state index contributed by atoms with van der Waals surface area (Å²) in [6.07, 6.45) is 4.28. The summed E-state index contributed by atoms with van der Waals surface area (Å²) in [5, 5.41) is 11.1. The maximum Gasteiger partial charge on any atom is 0.255 e. The van der Waals surface area contributed by atoms with Crippen LogP contribution in [0.1, 0.15) is 21.5 Å². The van der Waals surface area contributed by atoms with Crippen molar-refractivity contribution in [2.75, 3.05) is 11.9 Å². The molecule has 0 atom stereocenters. The molecule has 1 amide bonds. The second kappa shape index (κ2) is 7.82. The summed E-state index contributed by atoms with van der Waals surface area (Å²) in [5.74, 6) is 0.554. The minimum absolute atomic E-state index is 0.144. The highest BCUT2D eigenvalue weighted by Crippen LogP contribution is 2.18. The number of fused-ring (bicyclic) bond motifs is 1. The van der Waals surface area contributed by atoms with Crippen LogP contribution in [0.3, 0.4) is 0 Å². The van der Waals surface area contributed by atoms with E-state index in [0.717, 1.165) is 19.5 Å². The molecule has 0 aliphatic carbocycles. The van der Waals surface area contributed by atoms with Gasteiger partial charge in [0.2, 0.25) is 0 Å². The summed E-state index contributed by atoms with van der Waals surface area (Å²) in [7, 11) is 0. The fourth-order valence-corrected chi connectivity index (χ4v) is 3.12. The Morgan fingerprint density at radius 3 is 2.93 bits per heavy atom. The quantitative estimate of drug-likeness (QED) is 0.709. The van der Waals surface area contributed by atoms with E-state index in [4.69, 9.17) is 16.3 Å². The molecule has 1 aliphatic heterocycles. The Hall–Kier alpha value is -2.83. The Bertz CT molecular complexity index is 953. The normalized spacial score (nSPS) is 13.1. The van der Waals surface area contributed by atoms with Crippen LogP contribution in [-0.2, 0) is 19.7 Å². The summed E-state index contributed by atoms with van der Waals surface area (Å²) in [6.45, 7) is 2.04. The van der Waals surface area contributed by atoms with Gasteiger partial charge in [0.1, 0.15) is 5.75 Å². The van der Waals surface area contributed by atoms with Crippen LogP contribution in [0.5, 0.6) is 5.75 Å². The van der Waals surface area contributed by atoms with Crippen LogP contribution in [-0.4, -0.2) is 22.2 Å². The van der Waals surface area contributed by atoms with E-state index in [2.05, 4.69) is 15.7 Å². The second-order valence-electron chi connectivity index (χ2n) is 6.36. The molecular weight excluding hydrogens is 364 g/mol. The van der Waals surface area contributed by atoms with Crippen molar-refractivity contribution in [3.05, 3.63) is 76.6 Å². The standard InChI is InChI=1S/C20H19ClN4O2/c21-17-3-5-19(6-4-17)27-13-25-12-18(11-23-25)24-20(26)15-1-2-16-10-22-8-7-14(16)9-15/h1-6,9,11-12,22H,7-8,10,13H2,(H,24,26). The number of anilines is 1. The van der Waals surface area contributed by atoms with Gasteiger partial charge in [-0.3, -0.25) is 4.79 Å². The number of aromatic nitrogens is 2. The van der Waals surface area contributed by atoms with Crippen LogP contribution in [0.2, 0.25) is 5.02 Å². The first-order valence-corrected chi connectivity index (χ1v) is 9.10. The number of hydrogen-bond acceptors (Lipinski definition) is 4. The molecule has 0 saturated heterocycles. The third-order valence-corrected chi connectivity index (χ3v) is 4.68. The molecule has 2 aromatic carbocycles. The van der Waals surface area contributed by atoms with Crippen LogP contribution in [0.15, 0.2) is 54.9 Å². The van der Waals surface area contributed by atoms with Crippen molar-refractivity contribution in [3.8, 4) is 5.75 Å². The molecule has 0 spiro atoms. The van der Waals surface area contributed by atoms with Gasteiger partial charge in [0.05, 0.1) is 18.1 Å². The first-order valence-electron chi connectivity index (χ1n) is 8.72. The molecule has 3 aromatic rings. The molecule has 0 radical (unpaired) electrons. The molecule has 4 rings (SSSR count). The first-order chi connectivity index (χ1) is 13.2. The average Bonchev–Trinajstić information content (AvgIpc) is 3.14. The lowest BCUT2D eigenvalue weighted by Gasteiger charge is -2.17. The molecule has 1 aromatic heterocycles. The Morgan fingerprint density at radius 2 is 2.07 bits per heavy atom. The number of halogens is 1. The van der Waals surface area contributed by atoms with Gasteiger partial charge in [-0.25, -0.2) is 4.68 Å². The zero-order valence-corrected chi connectivity index (χ0v) is 15.4. The molecule has 0 unspecified atom stereocenters. The molecule has 0 saturated carbocycles. The lowest BCUT2D eigenvalue weighted by molar-refractivity contribution is 0.102. The van der Waals surface area contributed by atoms with Gasteiger partial charge in [-0.2, -0.15) is 5.10 Å². The second-order valence-corrected chi connectivity index (χ2v) is 6.80. The summed E-state index contributed by atoms with van der Waals surface area (Å²) in [4.78, 5) is 12.5. The SMILES string of the molecule is O=C(Nc1cnn(COc2ccc(Cl)cc2)c1)c1ccc2c(c1)CCNC2. The van der Waals surface area contributed by atoms with E-state index in [0.29, 0.717) is 22.0 Å². The van der Waals surface area contributed by atoms with Crippen molar-refractivity contribution in [1.82, 2.24) is 15.1 Å². The van der Waals surface area contributed by atoms with E-state index in [1.54, 1.807) is 41.3 Å². The number of carbonyl (C=O) groups excluding carboxylic acids is 1. The molecule has 138 valence electrons. The van der Waals surface area contributed by atoms with Gasteiger partial charge in [-0.05, 0) is 60.5 Å². The number of amides is 1. The van der Waals surface area contributed by atoms with Crippen LogP contribution in [0, 0.1) is 0 Å². The van der Waals surface area contributed by atoms with Gasteiger partial charge in [-0.15, -0.1) is 0 Å². The molecule has 0 fully saturated rings. The van der Waals surface area contributed by atoms with Crippen molar-refractivity contribution in [1.29, 1.82) is 0 Å². The van der Waals surface area contributed by atoms with Crippen LogP contribution >= 0.6 is 11.6 Å². The highest BCUT2D eigenvalue weighted by Gasteiger charge is 2.13. The minimum atomic E-state index is -0.144. The number of carbonyl (C=O) groups is 1. The maximum absolute atomic E-state index is 12.5. The Morgan fingerprint density at radius 1 is 1.22 bits per heavy atom. The predicted octanol–water partition coefficient (Wildman–Crippen LogP) is 3.47. The van der Waals surface area contributed by atoms with Crippen LogP contribution in [0.4, 0.5) is 5.69 Å². The van der Waals surface area contributed by atoms with E-state index in [1.165, 1.54) is 11.1 Å². The summed E-state index contributed by atoms with van der Waals surface area (Å²) >= 11 is 5.85. The molecule has 7 heteroatoms. The molecular formula is C20H19ClN4O2. The summed E-state index contributed by atoms with van der Waals surface area (Å²) < 4.78 is 7.25. The Labute approximate surface area is 162 Å². The fourth-order valence-electron chi connectivity index (χ4n) is 2.99. The lowest BCUT2D eigenvalue weighted by atomic mass is 9.98. The number of nitrogens with one attached hydrogen (secondary N) is 2. The molecule has 1 aliphatic rings. The van der Waals surface area contributed by atoms with Crippen molar-refractivity contribution < 1.29 is 9.53 Å². The lowest BCUT2D eigenvalue weighted by Crippen LogP contribution is -2.24. The molecule has 27 heavy (non-hydrogen) atoms. The number of hydrogen-bond donors (Lipinski definition) is 2.